The number of nitrogens with one attached hydrogen (secondary N) is 1. The molecule has 0 radical (unpaired) electrons. The molecule has 2 aromatic carbocycles. The molecule has 5 rings (SSSR count). The number of rotatable bonds is 6. The number of pyridine rings is 1. The number of ether oxygens (including phenoxy) is 1. The lowest BCUT2D eigenvalue weighted by Gasteiger charge is -2.32. The van der Waals surface area contributed by atoms with Crippen molar-refractivity contribution in [1.29, 1.82) is 0 Å². The molecule has 8 nitrogen and oxygen atoms in total. The zero-order valence-electron chi connectivity index (χ0n) is 18.0. The van der Waals surface area contributed by atoms with Crippen molar-refractivity contribution in [1.82, 2.24) is 15.0 Å². The van der Waals surface area contributed by atoms with Crippen molar-refractivity contribution in [3.63, 3.8) is 0 Å². The van der Waals surface area contributed by atoms with Gasteiger partial charge in [-0.1, -0.05) is 29.8 Å². The van der Waals surface area contributed by atoms with E-state index in [2.05, 4.69) is 15.5 Å². The summed E-state index contributed by atoms with van der Waals surface area (Å²) in [7, 11) is 0. The normalized spacial score (nSPS) is 15.7. The van der Waals surface area contributed by atoms with Crippen LogP contribution in [0, 0.1) is 0 Å². The number of guanidine groups is 1. The maximum Gasteiger partial charge on any atom is 0.259 e. The van der Waals surface area contributed by atoms with Gasteiger partial charge in [0.05, 0.1) is 18.8 Å². The van der Waals surface area contributed by atoms with Crippen molar-refractivity contribution < 1.29 is 14.1 Å². The van der Waals surface area contributed by atoms with Gasteiger partial charge in [0.25, 0.3) is 5.88 Å². The molecule has 2 aromatic heterocycles. The summed E-state index contributed by atoms with van der Waals surface area (Å²) in [5.41, 5.74) is 2.40. The number of anilines is 1. The average molecular weight is 474 g/mol. The Hall–Kier alpha value is -4.17. The van der Waals surface area contributed by atoms with Crippen molar-refractivity contribution in [2.24, 2.45) is 4.99 Å². The fourth-order valence-electron chi connectivity index (χ4n) is 3.58. The summed E-state index contributed by atoms with van der Waals surface area (Å²) in [4.78, 5) is 24.3. The molecular weight excluding hydrogens is 454 g/mol. The number of carbonyl (C=O) groups is 1. The number of hydrogen-bond acceptors (Lipinski definition) is 7. The third-order valence-electron chi connectivity index (χ3n) is 5.29. The Balaban J connectivity index is 1.38. The monoisotopic (exact) mass is 473 g/mol. The standard InChI is InChI=1S/C25H20ClN5O3/c26-18-6-4-17(5-7-18)16-31-24(32)21(22-3-1-2-13-27-22)15-28-25(31)29-19-8-10-20(11-9-19)34-23-12-14-33-30-23/h1-14,21H,15-16H2,(H,28,29). The first-order valence-electron chi connectivity index (χ1n) is 10.6. The van der Waals surface area contributed by atoms with Crippen LogP contribution in [0.15, 0.2) is 94.8 Å². The highest BCUT2D eigenvalue weighted by atomic mass is 35.5. The van der Waals surface area contributed by atoms with E-state index in [1.54, 1.807) is 41.4 Å². The largest absolute Gasteiger partial charge is 0.436 e. The van der Waals surface area contributed by atoms with Gasteiger partial charge < -0.3 is 14.6 Å². The van der Waals surface area contributed by atoms with Crippen molar-refractivity contribution in [3.05, 3.63) is 102 Å². The number of halogens is 1. The Morgan fingerprint density at radius 2 is 1.88 bits per heavy atom. The number of aromatic nitrogens is 2. The van der Waals surface area contributed by atoms with Crippen molar-refractivity contribution in [2.45, 2.75) is 12.5 Å². The molecule has 170 valence electrons. The van der Waals surface area contributed by atoms with E-state index in [1.165, 1.54) is 6.26 Å². The van der Waals surface area contributed by atoms with Gasteiger partial charge in [0, 0.05) is 23.0 Å². The maximum absolute atomic E-state index is 13.5. The lowest BCUT2D eigenvalue weighted by Crippen LogP contribution is -2.47. The van der Waals surface area contributed by atoms with Crippen LogP contribution in [0.4, 0.5) is 5.69 Å². The fourth-order valence-corrected chi connectivity index (χ4v) is 3.70. The Kier molecular flexibility index (Phi) is 6.22. The van der Waals surface area contributed by atoms with Crippen LogP contribution >= 0.6 is 11.6 Å². The highest BCUT2D eigenvalue weighted by molar-refractivity contribution is 6.30. The van der Waals surface area contributed by atoms with E-state index in [1.807, 2.05) is 42.5 Å². The van der Waals surface area contributed by atoms with E-state index < -0.39 is 5.92 Å². The molecule has 0 fully saturated rings. The summed E-state index contributed by atoms with van der Waals surface area (Å²) < 4.78 is 10.4. The Bertz CT molecular complexity index is 1280. The zero-order valence-corrected chi connectivity index (χ0v) is 18.7. The van der Waals surface area contributed by atoms with Crippen LogP contribution in [0.25, 0.3) is 0 Å². The third-order valence-corrected chi connectivity index (χ3v) is 5.54. The van der Waals surface area contributed by atoms with Crippen LogP contribution < -0.4 is 10.1 Å². The van der Waals surface area contributed by atoms with E-state index in [0.29, 0.717) is 41.4 Å². The second-order valence-corrected chi connectivity index (χ2v) is 8.05. The molecule has 4 aromatic rings. The second-order valence-electron chi connectivity index (χ2n) is 7.61. The smallest absolute Gasteiger partial charge is 0.259 e. The lowest BCUT2D eigenvalue weighted by atomic mass is 10.0. The molecule has 1 aliphatic heterocycles. The number of amides is 1. The Morgan fingerprint density at radius 1 is 1.06 bits per heavy atom. The number of nitrogens with zero attached hydrogens (tertiary/aromatic N) is 4. The summed E-state index contributed by atoms with van der Waals surface area (Å²) in [6.45, 7) is 0.654. The first-order chi connectivity index (χ1) is 16.7. The molecule has 0 spiro atoms. The molecule has 0 saturated heterocycles. The summed E-state index contributed by atoms with van der Waals surface area (Å²) in [5, 5.41) is 7.64. The lowest BCUT2D eigenvalue weighted by molar-refractivity contribution is -0.129. The van der Waals surface area contributed by atoms with Crippen LogP contribution in [0.5, 0.6) is 11.6 Å². The summed E-state index contributed by atoms with van der Waals surface area (Å²) in [6.07, 6.45) is 3.13. The second kappa shape index (κ2) is 9.76. The first-order valence-corrected chi connectivity index (χ1v) is 11.0. The SMILES string of the molecule is O=C1C(c2ccccn2)CN=C(Nc2ccc(Oc3ccon3)cc2)N1Cc1ccc(Cl)cc1. The quantitative estimate of drug-likeness (QED) is 0.418. The molecule has 1 unspecified atom stereocenters. The molecule has 1 amide bonds. The molecule has 0 aliphatic carbocycles. The van der Waals surface area contributed by atoms with Crippen molar-refractivity contribution in [2.75, 3.05) is 11.9 Å². The highest BCUT2D eigenvalue weighted by Crippen LogP contribution is 2.26. The molecular formula is C25H20ClN5O3. The molecule has 1 N–H and O–H groups in total. The van der Waals surface area contributed by atoms with Gasteiger partial charge in [-0.05, 0) is 59.3 Å². The van der Waals surface area contributed by atoms with Gasteiger partial charge in [-0.15, -0.1) is 0 Å². The van der Waals surface area contributed by atoms with Gasteiger partial charge in [-0.3, -0.25) is 19.7 Å². The van der Waals surface area contributed by atoms with Gasteiger partial charge in [0.2, 0.25) is 11.9 Å². The topological polar surface area (TPSA) is 92.8 Å². The van der Waals surface area contributed by atoms with Crippen LogP contribution in [-0.4, -0.2) is 33.5 Å². The average Bonchev–Trinajstić information content (AvgIpc) is 3.37. The first kappa shape index (κ1) is 21.7. The van der Waals surface area contributed by atoms with E-state index in [0.717, 1.165) is 11.3 Å². The minimum absolute atomic E-state index is 0.0721. The summed E-state index contributed by atoms with van der Waals surface area (Å²) in [5.74, 6) is 0.929. The molecule has 9 heteroatoms. The van der Waals surface area contributed by atoms with E-state index in [9.17, 15) is 4.79 Å². The number of benzene rings is 2. The van der Waals surface area contributed by atoms with Gasteiger partial charge >= 0.3 is 0 Å². The van der Waals surface area contributed by atoms with Crippen LogP contribution in [0.3, 0.4) is 0 Å². The molecule has 34 heavy (non-hydrogen) atoms. The van der Waals surface area contributed by atoms with Gasteiger partial charge in [-0.25, -0.2) is 0 Å². The molecule has 3 heterocycles. The number of hydrogen-bond donors (Lipinski definition) is 1. The third kappa shape index (κ3) is 4.92. The van der Waals surface area contributed by atoms with E-state index >= 15 is 0 Å². The summed E-state index contributed by atoms with van der Waals surface area (Å²) in [6, 6.07) is 21.9. The number of carbonyl (C=O) groups excluding carboxylic acids is 1. The molecule has 0 bridgehead atoms. The molecule has 1 atom stereocenters. The Morgan fingerprint density at radius 3 is 2.59 bits per heavy atom. The predicted molar refractivity (Wildman–Crippen MR) is 128 cm³/mol. The van der Waals surface area contributed by atoms with Gasteiger partial charge in [-0.2, -0.15) is 0 Å². The fraction of sp³-hybridized carbons (Fsp3) is 0.120. The van der Waals surface area contributed by atoms with Crippen molar-refractivity contribution >= 4 is 29.2 Å². The zero-order chi connectivity index (χ0) is 23.3. The minimum atomic E-state index is -0.447. The van der Waals surface area contributed by atoms with Crippen LogP contribution in [0.2, 0.25) is 5.02 Å². The minimum Gasteiger partial charge on any atom is -0.436 e. The highest BCUT2D eigenvalue weighted by Gasteiger charge is 2.34. The molecule has 0 saturated carbocycles. The molecule has 1 aliphatic rings. The predicted octanol–water partition coefficient (Wildman–Crippen LogP) is 5.11. The van der Waals surface area contributed by atoms with E-state index in [4.69, 9.17) is 25.9 Å². The van der Waals surface area contributed by atoms with Gasteiger partial charge in [0.1, 0.15) is 17.9 Å². The van der Waals surface area contributed by atoms with Gasteiger partial charge in [0.15, 0.2) is 0 Å². The van der Waals surface area contributed by atoms with Crippen LogP contribution in [0.1, 0.15) is 17.2 Å². The number of aliphatic imine (C=N–C) groups is 1. The van der Waals surface area contributed by atoms with E-state index in [-0.39, 0.29) is 5.91 Å². The summed E-state index contributed by atoms with van der Waals surface area (Å²) >= 11 is 6.04. The van der Waals surface area contributed by atoms with Crippen LogP contribution in [-0.2, 0) is 11.3 Å². The van der Waals surface area contributed by atoms with Crippen molar-refractivity contribution in [3.8, 4) is 11.6 Å². The Labute approximate surface area is 200 Å². The maximum atomic E-state index is 13.5.